The topological polar surface area (TPSA) is 55.9 Å². The molecule has 0 fully saturated rings. The van der Waals surface area contributed by atoms with Crippen LogP contribution in [0.15, 0.2) is 212 Å². The van der Waals surface area contributed by atoms with Crippen LogP contribution in [0.3, 0.4) is 0 Å². The largest absolute Gasteiger partial charge is 0.256 e. The standard InChI is InChI=1S/C57H35N5/c1-58-46-31-29-40(30-32-46)39-21-25-41(26-22-39)51-36-52-48-19-9-8-18-47(48)50(35-53(52)49-20-11-33-59-54(49)51)44-16-10-17-45(34-44)57-61-55(42-14-6-3-7-15-42)60-56(62-57)43-27-23-38(24-28-43)37-12-4-2-5-13-37/h2-36H. The van der Waals surface area contributed by atoms with Crippen molar-refractivity contribution in [1.82, 2.24) is 19.9 Å². The maximum atomic E-state index is 7.31. The van der Waals surface area contributed by atoms with Crippen molar-refractivity contribution >= 4 is 38.1 Å². The Morgan fingerprint density at radius 1 is 0.306 bits per heavy atom. The Balaban J connectivity index is 1.03. The molecule has 2 heterocycles. The van der Waals surface area contributed by atoms with Gasteiger partial charge in [-0.05, 0) is 84.8 Å². The summed E-state index contributed by atoms with van der Waals surface area (Å²) in [5.74, 6) is 1.85. The zero-order chi connectivity index (χ0) is 41.4. The van der Waals surface area contributed by atoms with Crippen molar-refractivity contribution in [3.63, 3.8) is 0 Å². The first-order valence-electron chi connectivity index (χ1n) is 20.6. The molecule has 0 amide bonds. The third-order valence-corrected chi connectivity index (χ3v) is 11.6. The number of nitrogens with zero attached hydrogens (tertiary/aromatic N) is 5. The molecule has 5 heteroatoms. The predicted octanol–water partition coefficient (Wildman–Crippen LogP) is 14.9. The van der Waals surface area contributed by atoms with Crippen LogP contribution in [0.5, 0.6) is 0 Å². The first-order valence-corrected chi connectivity index (χ1v) is 20.6. The number of benzene rings is 9. The Bertz CT molecular complexity index is 3490. The van der Waals surface area contributed by atoms with Gasteiger partial charge in [-0.15, -0.1) is 0 Å². The summed E-state index contributed by atoms with van der Waals surface area (Å²) < 4.78 is 0. The molecule has 0 atom stereocenters. The second-order valence-electron chi connectivity index (χ2n) is 15.3. The van der Waals surface area contributed by atoms with Crippen molar-refractivity contribution < 1.29 is 0 Å². The molecule has 0 aliphatic heterocycles. The zero-order valence-corrected chi connectivity index (χ0v) is 33.4. The molecule has 0 N–H and O–H groups in total. The number of fused-ring (bicyclic) bond motifs is 5. The van der Waals surface area contributed by atoms with E-state index in [0.717, 1.165) is 82.9 Å². The molecular formula is C57H35N5. The maximum absolute atomic E-state index is 7.31. The van der Waals surface area contributed by atoms with Crippen molar-refractivity contribution in [3.05, 3.63) is 224 Å². The zero-order valence-electron chi connectivity index (χ0n) is 33.4. The Morgan fingerprint density at radius 2 is 0.758 bits per heavy atom. The fourth-order valence-corrected chi connectivity index (χ4v) is 8.47. The van der Waals surface area contributed by atoms with Crippen LogP contribution in [0.25, 0.3) is 116 Å². The number of aromatic nitrogens is 4. The van der Waals surface area contributed by atoms with Gasteiger partial charge in [0.05, 0.1) is 12.1 Å². The highest BCUT2D eigenvalue weighted by atomic mass is 15.0. The van der Waals surface area contributed by atoms with Gasteiger partial charge in [0, 0.05) is 33.8 Å². The molecule has 11 aromatic rings. The summed E-state index contributed by atoms with van der Waals surface area (Å²) in [4.78, 5) is 23.7. The SMILES string of the molecule is [C-]#[N+]c1ccc(-c2ccc(-c3cc4c5ccccc5c(-c5cccc(-c6nc(-c7ccccc7)nc(-c7ccc(-c8ccccc8)cc7)n6)c5)cc4c4cccnc34)cc2)cc1. The average Bonchev–Trinajstić information content (AvgIpc) is 3.36. The van der Waals surface area contributed by atoms with Crippen LogP contribution in [0.2, 0.25) is 0 Å². The molecule has 0 saturated heterocycles. The van der Waals surface area contributed by atoms with Crippen molar-refractivity contribution in [1.29, 1.82) is 0 Å². The van der Waals surface area contributed by atoms with E-state index >= 15 is 0 Å². The lowest BCUT2D eigenvalue weighted by atomic mass is 9.88. The van der Waals surface area contributed by atoms with E-state index in [9.17, 15) is 0 Å². The van der Waals surface area contributed by atoms with E-state index < -0.39 is 0 Å². The van der Waals surface area contributed by atoms with Crippen molar-refractivity contribution in [2.45, 2.75) is 0 Å². The van der Waals surface area contributed by atoms with E-state index in [0.29, 0.717) is 23.2 Å². The minimum Gasteiger partial charge on any atom is -0.256 e. The van der Waals surface area contributed by atoms with Crippen LogP contribution in [0.4, 0.5) is 5.69 Å². The van der Waals surface area contributed by atoms with Gasteiger partial charge in [0.1, 0.15) is 0 Å². The molecular weight excluding hydrogens is 755 g/mol. The van der Waals surface area contributed by atoms with E-state index in [1.807, 2.05) is 72.9 Å². The van der Waals surface area contributed by atoms with E-state index in [-0.39, 0.29) is 0 Å². The second-order valence-corrected chi connectivity index (χ2v) is 15.3. The fraction of sp³-hybridized carbons (Fsp3) is 0. The molecule has 0 bridgehead atoms. The Morgan fingerprint density at radius 3 is 1.42 bits per heavy atom. The lowest BCUT2D eigenvalue weighted by Gasteiger charge is -2.16. The van der Waals surface area contributed by atoms with Crippen molar-refractivity contribution in [2.24, 2.45) is 0 Å². The highest BCUT2D eigenvalue weighted by Crippen LogP contribution is 2.42. The lowest BCUT2D eigenvalue weighted by Crippen LogP contribution is -2.00. The highest BCUT2D eigenvalue weighted by molar-refractivity contribution is 6.23. The van der Waals surface area contributed by atoms with Gasteiger partial charge in [0.2, 0.25) is 0 Å². The highest BCUT2D eigenvalue weighted by Gasteiger charge is 2.18. The summed E-state index contributed by atoms with van der Waals surface area (Å²) in [6.45, 7) is 7.31. The summed E-state index contributed by atoms with van der Waals surface area (Å²) in [5, 5.41) is 5.73. The predicted molar refractivity (Wildman–Crippen MR) is 254 cm³/mol. The van der Waals surface area contributed by atoms with E-state index in [1.165, 1.54) is 10.8 Å². The van der Waals surface area contributed by atoms with Gasteiger partial charge < -0.3 is 0 Å². The molecule has 0 radical (unpaired) electrons. The van der Waals surface area contributed by atoms with Gasteiger partial charge in [0.15, 0.2) is 23.2 Å². The number of hydrogen-bond donors (Lipinski definition) is 0. The minimum absolute atomic E-state index is 0.610. The van der Waals surface area contributed by atoms with Crippen LogP contribution >= 0.6 is 0 Å². The van der Waals surface area contributed by atoms with Gasteiger partial charge in [-0.25, -0.2) is 19.8 Å². The molecule has 0 saturated carbocycles. The van der Waals surface area contributed by atoms with Gasteiger partial charge in [0.25, 0.3) is 0 Å². The molecule has 5 nitrogen and oxygen atoms in total. The molecule has 288 valence electrons. The average molecular weight is 790 g/mol. The second kappa shape index (κ2) is 15.5. The first kappa shape index (κ1) is 36.5. The van der Waals surface area contributed by atoms with E-state index in [4.69, 9.17) is 26.5 Å². The molecule has 9 aromatic carbocycles. The van der Waals surface area contributed by atoms with Crippen LogP contribution in [-0.4, -0.2) is 19.9 Å². The monoisotopic (exact) mass is 789 g/mol. The van der Waals surface area contributed by atoms with Crippen LogP contribution in [0.1, 0.15) is 0 Å². The third kappa shape index (κ3) is 6.72. The van der Waals surface area contributed by atoms with Crippen molar-refractivity contribution in [2.75, 3.05) is 0 Å². The van der Waals surface area contributed by atoms with Gasteiger partial charge >= 0.3 is 0 Å². The normalized spacial score (nSPS) is 11.2. The summed E-state index contributed by atoms with van der Waals surface area (Å²) in [6, 6.07) is 71.3. The summed E-state index contributed by atoms with van der Waals surface area (Å²) in [6.07, 6.45) is 1.88. The number of hydrogen-bond acceptors (Lipinski definition) is 4. The summed E-state index contributed by atoms with van der Waals surface area (Å²) in [7, 11) is 0. The Kier molecular flexibility index (Phi) is 9.15. The lowest BCUT2D eigenvalue weighted by molar-refractivity contribution is 1.07. The van der Waals surface area contributed by atoms with E-state index in [1.54, 1.807) is 0 Å². The van der Waals surface area contributed by atoms with Gasteiger partial charge in [-0.1, -0.05) is 182 Å². The molecule has 0 aliphatic rings. The minimum atomic E-state index is 0.610. The molecule has 11 rings (SSSR count). The van der Waals surface area contributed by atoms with Crippen LogP contribution in [-0.2, 0) is 0 Å². The Labute approximate surface area is 359 Å². The smallest absolute Gasteiger partial charge is 0.187 e. The van der Waals surface area contributed by atoms with Gasteiger partial charge in [-0.2, -0.15) is 0 Å². The van der Waals surface area contributed by atoms with Crippen molar-refractivity contribution in [3.8, 4) is 78.7 Å². The maximum Gasteiger partial charge on any atom is 0.187 e. The molecule has 2 aromatic heterocycles. The van der Waals surface area contributed by atoms with E-state index in [2.05, 4.69) is 144 Å². The number of pyridine rings is 1. The van der Waals surface area contributed by atoms with Crippen LogP contribution in [0, 0.1) is 6.57 Å². The molecule has 62 heavy (non-hydrogen) atoms. The fourth-order valence-electron chi connectivity index (χ4n) is 8.47. The quantitative estimate of drug-likeness (QED) is 0.119. The molecule has 0 unspecified atom stereocenters. The van der Waals surface area contributed by atoms with Crippen LogP contribution < -0.4 is 0 Å². The molecule has 0 aliphatic carbocycles. The molecule has 0 spiro atoms. The Hall–Kier alpha value is -8.59. The summed E-state index contributed by atoms with van der Waals surface area (Å²) in [5.41, 5.74) is 13.2. The summed E-state index contributed by atoms with van der Waals surface area (Å²) >= 11 is 0. The third-order valence-electron chi connectivity index (χ3n) is 11.6. The first-order chi connectivity index (χ1) is 30.7. The van der Waals surface area contributed by atoms with Gasteiger partial charge in [-0.3, -0.25) is 4.98 Å². The number of rotatable bonds is 7.